The molecule has 0 radical (unpaired) electrons. The lowest BCUT2D eigenvalue weighted by Gasteiger charge is -2.30. The lowest BCUT2D eigenvalue weighted by atomic mass is 9.89. The quantitative estimate of drug-likeness (QED) is 0.845. The van der Waals surface area contributed by atoms with Gasteiger partial charge in [0.15, 0.2) is 0 Å². The second-order valence-electron chi connectivity index (χ2n) is 6.42. The summed E-state index contributed by atoms with van der Waals surface area (Å²) in [5, 5.41) is 3.41. The maximum absolute atomic E-state index is 5.04. The summed E-state index contributed by atoms with van der Waals surface area (Å²) in [5.41, 5.74) is 4.18. The van der Waals surface area contributed by atoms with Gasteiger partial charge < -0.3 is 10.2 Å². The van der Waals surface area contributed by atoms with Gasteiger partial charge in [0.25, 0.3) is 0 Å². The number of allylic oxidation sites excluding steroid dienone is 2. The highest BCUT2D eigenvalue weighted by molar-refractivity contribution is 5.41. The zero-order valence-corrected chi connectivity index (χ0v) is 12.6. The Morgan fingerprint density at radius 1 is 1.00 bits per heavy atom. The molecule has 1 aromatic rings. The van der Waals surface area contributed by atoms with Crippen LogP contribution in [0.1, 0.15) is 48.6 Å². The van der Waals surface area contributed by atoms with Crippen LogP contribution < -0.4 is 10.2 Å². The van der Waals surface area contributed by atoms with Crippen molar-refractivity contribution in [3.8, 4) is 0 Å². The molecule has 4 heteroatoms. The molecule has 1 saturated heterocycles. The third kappa shape index (κ3) is 2.57. The summed E-state index contributed by atoms with van der Waals surface area (Å²) >= 11 is 0. The number of piperazine rings is 1. The lowest BCUT2D eigenvalue weighted by Crippen LogP contribution is -2.44. The van der Waals surface area contributed by atoms with Gasteiger partial charge in [-0.1, -0.05) is 12.2 Å². The van der Waals surface area contributed by atoms with E-state index in [9.17, 15) is 0 Å². The largest absolute Gasteiger partial charge is 0.338 e. The minimum atomic E-state index is 0.599. The van der Waals surface area contributed by atoms with Gasteiger partial charge in [0.05, 0.1) is 5.69 Å². The second-order valence-corrected chi connectivity index (χ2v) is 6.42. The summed E-state index contributed by atoms with van der Waals surface area (Å²) in [6, 6.07) is 0. The third-order valence-corrected chi connectivity index (χ3v) is 5.00. The number of fused-ring (bicyclic) bond motifs is 1. The SMILES string of the molecule is C1=CCC(c2nc(N3CCNCC3)nc3c2CCCC3)C1. The maximum Gasteiger partial charge on any atom is 0.225 e. The molecule has 0 unspecified atom stereocenters. The standard InChI is InChI=1S/C17H24N4/c1-2-6-13(5-1)16-14-7-3-4-8-15(14)19-17(20-16)21-11-9-18-10-12-21/h1-2,13,18H,3-12H2. The van der Waals surface area contributed by atoms with Crippen molar-refractivity contribution in [2.75, 3.05) is 31.1 Å². The molecule has 21 heavy (non-hydrogen) atoms. The van der Waals surface area contributed by atoms with Gasteiger partial charge in [0.2, 0.25) is 5.95 Å². The van der Waals surface area contributed by atoms with Crippen LogP contribution in [0.25, 0.3) is 0 Å². The molecule has 112 valence electrons. The number of aromatic nitrogens is 2. The van der Waals surface area contributed by atoms with E-state index in [4.69, 9.17) is 9.97 Å². The van der Waals surface area contributed by atoms with Crippen LogP contribution in [0.5, 0.6) is 0 Å². The molecule has 4 rings (SSSR count). The first kappa shape index (κ1) is 13.3. The zero-order chi connectivity index (χ0) is 14.1. The maximum atomic E-state index is 5.04. The zero-order valence-electron chi connectivity index (χ0n) is 12.6. The molecular formula is C17H24N4. The van der Waals surface area contributed by atoms with Gasteiger partial charge in [-0.05, 0) is 44.1 Å². The van der Waals surface area contributed by atoms with Crippen LogP contribution in [0.4, 0.5) is 5.95 Å². The summed E-state index contributed by atoms with van der Waals surface area (Å²) in [6.07, 6.45) is 11.9. The van der Waals surface area contributed by atoms with E-state index >= 15 is 0 Å². The van der Waals surface area contributed by atoms with Crippen molar-refractivity contribution < 1.29 is 0 Å². The molecule has 3 aliphatic rings. The van der Waals surface area contributed by atoms with E-state index in [-0.39, 0.29) is 0 Å². The van der Waals surface area contributed by atoms with Crippen molar-refractivity contribution in [1.29, 1.82) is 0 Å². The minimum Gasteiger partial charge on any atom is -0.338 e. The molecule has 0 amide bonds. The first-order chi connectivity index (χ1) is 10.4. The van der Waals surface area contributed by atoms with Crippen molar-refractivity contribution in [3.05, 3.63) is 29.1 Å². The minimum absolute atomic E-state index is 0.599. The van der Waals surface area contributed by atoms with Crippen LogP contribution >= 0.6 is 0 Å². The summed E-state index contributed by atoms with van der Waals surface area (Å²) in [6.45, 7) is 4.14. The molecular weight excluding hydrogens is 260 g/mol. The lowest BCUT2D eigenvalue weighted by molar-refractivity contribution is 0.568. The van der Waals surface area contributed by atoms with E-state index in [0.29, 0.717) is 5.92 Å². The Balaban J connectivity index is 1.72. The third-order valence-electron chi connectivity index (χ3n) is 5.00. The van der Waals surface area contributed by atoms with Crippen LogP contribution in [0.15, 0.2) is 12.2 Å². The van der Waals surface area contributed by atoms with Crippen molar-refractivity contribution in [3.63, 3.8) is 0 Å². The van der Waals surface area contributed by atoms with Crippen molar-refractivity contribution >= 4 is 5.95 Å². The van der Waals surface area contributed by atoms with Gasteiger partial charge in [0.1, 0.15) is 0 Å². The average molecular weight is 284 g/mol. The van der Waals surface area contributed by atoms with Crippen LogP contribution in [0, 0.1) is 0 Å². The number of nitrogens with zero attached hydrogens (tertiary/aromatic N) is 3. The first-order valence-electron chi connectivity index (χ1n) is 8.42. The molecule has 1 fully saturated rings. The summed E-state index contributed by atoms with van der Waals surface area (Å²) in [4.78, 5) is 12.3. The van der Waals surface area contributed by atoms with E-state index in [1.807, 2.05) is 0 Å². The van der Waals surface area contributed by atoms with Crippen LogP contribution in [-0.4, -0.2) is 36.1 Å². The van der Waals surface area contributed by atoms with Crippen molar-refractivity contribution in [2.45, 2.75) is 44.4 Å². The molecule has 0 saturated carbocycles. The molecule has 4 nitrogen and oxygen atoms in total. The highest BCUT2D eigenvalue weighted by Gasteiger charge is 2.25. The van der Waals surface area contributed by atoms with E-state index in [2.05, 4.69) is 22.4 Å². The Bertz CT molecular complexity index is 538. The second kappa shape index (κ2) is 5.76. The normalized spacial score (nSPS) is 22.6. The Hall–Kier alpha value is -1.42. The van der Waals surface area contributed by atoms with Gasteiger partial charge in [-0.2, -0.15) is 0 Å². The molecule has 1 N–H and O–H groups in total. The highest BCUT2D eigenvalue weighted by Crippen LogP contribution is 2.35. The highest BCUT2D eigenvalue weighted by atomic mass is 15.3. The fourth-order valence-electron chi connectivity index (χ4n) is 3.79. The molecule has 2 aliphatic carbocycles. The molecule has 1 aliphatic heterocycles. The van der Waals surface area contributed by atoms with Crippen molar-refractivity contribution in [1.82, 2.24) is 15.3 Å². The van der Waals surface area contributed by atoms with Gasteiger partial charge in [-0.3, -0.25) is 0 Å². The summed E-state index contributed by atoms with van der Waals surface area (Å²) in [5.74, 6) is 1.58. The Morgan fingerprint density at radius 3 is 2.57 bits per heavy atom. The smallest absolute Gasteiger partial charge is 0.225 e. The molecule has 0 spiro atoms. The number of hydrogen-bond acceptors (Lipinski definition) is 4. The topological polar surface area (TPSA) is 41.1 Å². The van der Waals surface area contributed by atoms with Crippen LogP contribution in [0.2, 0.25) is 0 Å². The molecule has 0 bridgehead atoms. The van der Waals surface area contributed by atoms with Gasteiger partial charge >= 0.3 is 0 Å². The molecule has 0 aromatic carbocycles. The number of nitrogens with one attached hydrogen (secondary N) is 1. The number of rotatable bonds is 2. The Labute approximate surface area is 126 Å². The molecule has 0 atom stereocenters. The van der Waals surface area contributed by atoms with Crippen molar-refractivity contribution in [2.24, 2.45) is 0 Å². The van der Waals surface area contributed by atoms with Gasteiger partial charge in [-0.25, -0.2) is 9.97 Å². The fraction of sp³-hybridized carbons (Fsp3) is 0.647. The van der Waals surface area contributed by atoms with Gasteiger partial charge in [-0.15, -0.1) is 0 Å². The Morgan fingerprint density at radius 2 is 1.76 bits per heavy atom. The van der Waals surface area contributed by atoms with E-state index in [1.165, 1.54) is 36.2 Å². The molecule has 1 aromatic heterocycles. The summed E-state index contributed by atoms with van der Waals surface area (Å²) < 4.78 is 0. The Kier molecular flexibility index (Phi) is 3.63. The predicted molar refractivity (Wildman–Crippen MR) is 84.9 cm³/mol. The molecule has 2 heterocycles. The average Bonchev–Trinajstić information content (AvgIpc) is 3.09. The number of anilines is 1. The number of hydrogen-bond donors (Lipinski definition) is 1. The van der Waals surface area contributed by atoms with E-state index < -0.39 is 0 Å². The number of aryl methyl sites for hydroxylation is 1. The predicted octanol–water partition coefficient (Wildman–Crippen LogP) is 2.20. The van der Waals surface area contributed by atoms with Gasteiger partial charge in [0, 0.05) is 37.8 Å². The van der Waals surface area contributed by atoms with E-state index in [1.54, 1.807) is 0 Å². The first-order valence-corrected chi connectivity index (χ1v) is 8.42. The monoisotopic (exact) mass is 284 g/mol. The van der Waals surface area contributed by atoms with Crippen LogP contribution in [-0.2, 0) is 12.8 Å². The fourth-order valence-corrected chi connectivity index (χ4v) is 3.79. The van der Waals surface area contributed by atoms with Crippen LogP contribution in [0.3, 0.4) is 0 Å². The van der Waals surface area contributed by atoms with E-state index in [0.717, 1.165) is 51.4 Å². The summed E-state index contributed by atoms with van der Waals surface area (Å²) in [7, 11) is 0.